The Labute approximate surface area is 195 Å². The van der Waals surface area contributed by atoms with Crippen molar-refractivity contribution >= 4 is 17.2 Å². The normalized spacial score (nSPS) is 15.1. The molecule has 1 aliphatic heterocycles. The van der Waals surface area contributed by atoms with Crippen LogP contribution in [0.3, 0.4) is 0 Å². The predicted molar refractivity (Wildman–Crippen MR) is 125 cm³/mol. The van der Waals surface area contributed by atoms with Gasteiger partial charge in [-0.25, -0.2) is 8.78 Å². The van der Waals surface area contributed by atoms with Crippen molar-refractivity contribution in [2.45, 2.75) is 12.1 Å². The Morgan fingerprint density at radius 1 is 1.09 bits per heavy atom. The number of rotatable bonds is 8. The van der Waals surface area contributed by atoms with Crippen molar-refractivity contribution < 1.29 is 23.4 Å². The topological polar surface area (TPSA) is 83.8 Å². The minimum absolute atomic E-state index is 0.0543. The van der Waals surface area contributed by atoms with E-state index in [1.807, 2.05) is 0 Å². The number of ether oxygens (including phenoxy) is 1. The molecule has 0 fully saturated rings. The number of allylic oxidation sites excluding steroid dienone is 1. The smallest absolute Gasteiger partial charge is 0.252 e. The second-order valence-electron chi connectivity index (χ2n) is 7.68. The van der Waals surface area contributed by atoms with E-state index in [4.69, 9.17) is 4.74 Å². The van der Waals surface area contributed by atoms with E-state index in [1.165, 1.54) is 31.4 Å². The van der Waals surface area contributed by atoms with Crippen LogP contribution in [0.1, 0.15) is 33.3 Å². The van der Waals surface area contributed by atoms with Crippen molar-refractivity contribution in [3.05, 3.63) is 107 Å². The first-order valence-corrected chi connectivity index (χ1v) is 10.7. The number of aliphatic imine (C=N–C) groups is 1. The Morgan fingerprint density at radius 2 is 1.82 bits per heavy atom. The largest absolute Gasteiger partial charge is 0.394 e. The molecule has 0 bridgehead atoms. The van der Waals surface area contributed by atoms with Crippen LogP contribution in [-0.4, -0.2) is 48.0 Å². The Kier molecular flexibility index (Phi) is 7.20. The summed E-state index contributed by atoms with van der Waals surface area (Å²) < 4.78 is 34.1. The van der Waals surface area contributed by atoms with Crippen LogP contribution in [0.2, 0.25) is 0 Å². The predicted octanol–water partition coefficient (Wildman–Crippen LogP) is 3.88. The van der Waals surface area contributed by atoms with Gasteiger partial charge in [-0.2, -0.15) is 0 Å². The van der Waals surface area contributed by atoms with Crippen molar-refractivity contribution in [2.24, 2.45) is 4.99 Å². The van der Waals surface area contributed by atoms with Gasteiger partial charge in [-0.15, -0.1) is 0 Å². The lowest BCUT2D eigenvalue weighted by atomic mass is 9.98. The highest BCUT2D eigenvalue weighted by atomic mass is 19.1. The van der Waals surface area contributed by atoms with Crippen LogP contribution in [0.25, 0.3) is 5.57 Å². The average molecular weight is 463 g/mol. The molecule has 0 spiro atoms. The van der Waals surface area contributed by atoms with Crippen molar-refractivity contribution in [2.75, 3.05) is 20.3 Å². The molecular formula is C26H23F2N3O3. The number of nitrogens with one attached hydrogen (secondary N) is 1. The van der Waals surface area contributed by atoms with Gasteiger partial charge in [-0.3, -0.25) is 14.8 Å². The third-order valence-electron chi connectivity index (χ3n) is 5.60. The lowest BCUT2D eigenvalue weighted by molar-refractivity contribution is 0.0390. The fraction of sp³-hybridized carbons (Fsp3) is 0.192. The number of carbonyl (C=O) groups excluding carboxylic acids is 1. The number of aromatic nitrogens is 1. The first kappa shape index (κ1) is 23.4. The summed E-state index contributed by atoms with van der Waals surface area (Å²) in [5, 5.41) is 12.7. The van der Waals surface area contributed by atoms with Crippen molar-refractivity contribution in [3.63, 3.8) is 0 Å². The Bertz CT molecular complexity index is 1230. The number of carbonyl (C=O) groups is 1. The summed E-state index contributed by atoms with van der Waals surface area (Å²) in [5.41, 5.74) is 1.98. The summed E-state index contributed by atoms with van der Waals surface area (Å²) in [4.78, 5) is 21.8. The first-order valence-electron chi connectivity index (χ1n) is 10.7. The summed E-state index contributed by atoms with van der Waals surface area (Å²) in [6.07, 6.45) is 0.909. The van der Waals surface area contributed by atoms with Crippen LogP contribution in [0.15, 0.2) is 83.7 Å². The zero-order valence-corrected chi connectivity index (χ0v) is 18.4. The second kappa shape index (κ2) is 10.5. The van der Waals surface area contributed by atoms with Gasteiger partial charge in [-0.1, -0.05) is 36.4 Å². The molecule has 0 saturated carbocycles. The first-order chi connectivity index (χ1) is 16.5. The summed E-state index contributed by atoms with van der Waals surface area (Å²) in [6, 6.07) is 16.5. The summed E-state index contributed by atoms with van der Waals surface area (Å²) in [6.45, 7) is -0.319. The molecule has 0 radical (unpaired) electrons. The maximum atomic E-state index is 15.4. The number of benzene rings is 2. The number of pyridine rings is 1. The van der Waals surface area contributed by atoms with Gasteiger partial charge in [0.25, 0.3) is 5.91 Å². The summed E-state index contributed by atoms with van der Waals surface area (Å²) in [5.74, 6) is -1.49. The zero-order valence-electron chi connectivity index (χ0n) is 18.4. The van der Waals surface area contributed by atoms with E-state index < -0.39 is 36.3 Å². The van der Waals surface area contributed by atoms with E-state index >= 15 is 4.39 Å². The number of amides is 1. The molecule has 174 valence electrons. The lowest BCUT2D eigenvalue weighted by Crippen LogP contribution is -2.43. The standard InChI is InChI=1S/C26H23F2N3O3/c1-34-25(21-8-4-5-13-29-21)22(15-32)31-26(33)19-7-3-2-6-18(19)24-23(28)20(14-30-24)16-9-11-17(27)12-10-16/h2-13,22,25,32H,14-15H2,1H3,(H,31,33)/t22-,25?/m0/s1. The molecule has 1 unspecified atom stereocenters. The van der Waals surface area contributed by atoms with Gasteiger partial charge < -0.3 is 15.2 Å². The fourth-order valence-corrected chi connectivity index (χ4v) is 3.90. The molecule has 0 aliphatic carbocycles. The van der Waals surface area contributed by atoms with Crippen LogP contribution >= 0.6 is 0 Å². The van der Waals surface area contributed by atoms with E-state index in [-0.39, 0.29) is 17.8 Å². The fourth-order valence-electron chi connectivity index (χ4n) is 3.90. The maximum absolute atomic E-state index is 15.4. The number of hydrogen-bond donors (Lipinski definition) is 2. The number of nitrogens with zero attached hydrogens (tertiary/aromatic N) is 2. The van der Waals surface area contributed by atoms with Gasteiger partial charge in [0, 0.05) is 30.0 Å². The Morgan fingerprint density at radius 3 is 2.50 bits per heavy atom. The van der Waals surface area contributed by atoms with Crippen LogP contribution < -0.4 is 5.32 Å². The van der Waals surface area contributed by atoms with Crippen molar-refractivity contribution in [1.82, 2.24) is 10.3 Å². The summed E-state index contributed by atoms with van der Waals surface area (Å²) >= 11 is 0. The molecule has 4 rings (SSSR count). The number of aliphatic hydroxyl groups excluding tert-OH is 1. The van der Waals surface area contributed by atoms with Crippen LogP contribution in [0.5, 0.6) is 0 Å². The molecule has 1 aliphatic rings. The molecule has 1 aromatic heterocycles. The van der Waals surface area contributed by atoms with E-state index in [2.05, 4.69) is 15.3 Å². The molecular weight excluding hydrogens is 440 g/mol. The minimum Gasteiger partial charge on any atom is -0.394 e. The minimum atomic E-state index is -0.791. The molecule has 3 aromatic rings. The lowest BCUT2D eigenvalue weighted by Gasteiger charge is -2.25. The Balaban J connectivity index is 1.61. The van der Waals surface area contributed by atoms with Crippen LogP contribution in [0.4, 0.5) is 8.78 Å². The molecule has 1 amide bonds. The average Bonchev–Trinajstić information content (AvgIpc) is 3.25. The maximum Gasteiger partial charge on any atom is 0.252 e. The highest BCUT2D eigenvalue weighted by Gasteiger charge is 2.29. The third kappa shape index (κ3) is 4.78. The molecule has 2 heterocycles. The van der Waals surface area contributed by atoms with Gasteiger partial charge in [0.2, 0.25) is 0 Å². The number of hydrogen-bond acceptors (Lipinski definition) is 5. The SMILES string of the molecule is COC(c1ccccn1)[C@H](CO)NC(=O)c1ccccc1C1=NCC(c2ccc(F)cc2)=C1F. The number of aliphatic hydroxyl groups is 1. The van der Waals surface area contributed by atoms with Gasteiger partial charge in [0.15, 0.2) is 5.83 Å². The number of methoxy groups -OCH3 is 1. The van der Waals surface area contributed by atoms with E-state index in [9.17, 15) is 14.3 Å². The molecule has 6 nitrogen and oxygen atoms in total. The molecule has 2 N–H and O–H groups in total. The van der Waals surface area contributed by atoms with Crippen LogP contribution in [0, 0.1) is 5.82 Å². The molecule has 0 saturated heterocycles. The molecule has 34 heavy (non-hydrogen) atoms. The van der Waals surface area contributed by atoms with E-state index in [0.717, 1.165) is 0 Å². The highest BCUT2D eigenvalue weighted by molar-refractivity contribution is 6.21. The van der Waals surface area contributed by atoms with Crippen LogP contribution in [-0.2, 0) is 4.74 Å². The van der Waals surface area contributed by atoms with Gasteiger partial charge >= 0.3 is 0 Å². The zero-order chi connectivity index (χ0) is 24.1. The molecule has 2 aromatic carbocycles. The van der Waals surface area contributed by atoms with E-state index in [0.29, 0.717) is 22.4 Å². The monoisotopic (exact) mass is 463 g/mol. The highest BCUT2D eigenvalue weighted by Crippen LogP contribution is 2.30. The van der Waals surface area contributed by atoms with Crippen molar-refractivity contribution in [1.29, 1.82) is 0 Å². The Hall–Kier alpha value is -3.75. The van der Waals surface area contributed by atoms with E-state index in [1.54, 1.807) is 48.7 Å². The molecule has 8 heteroatoms. The van der Waals surface area contributed by atoms with Gasteiger partial charge in [0.1, 0.15) is 17.6 Å². The quantitative estimate of drug-likeness (QED) is 0.531. The van der Waals surface area contributed by atoms with Gasteiger partial charge in [0.05, 0.1) is 24.9 Å². The number of halogens is 2. The third-order valence-corrected chi connectivity index (χ3v) is 5.60. The van der Waals surface area contributed by atoms with Gasteiger partial charge in [-0.05, 0) is 35.9 Å². The van der Waals surface area contributed by atoms with Crippen molar-refractivity contribution in [3.8, 4) is 0 Å². The molecule has 2 atom stereocenters. The second-order valence-corrected chi connectivity index (χ2v) is 7.68. The summed E-state index contributed by atoms with van der Waals surface area (Å²) in [7, 11) is 1.46.